The third-order valence-electron chi connectivity index (χ3n) is 6.49. The van der Waals surface area contributed by atoms with Gasteiger partial charge in [0, 0.05) is 5.56 Å². The maximum Gasteiger partial charge on any atom is 0.439 e. The lowest BCUT2D eigenvalue weighted by Crippen LogP contribution is -2.45. The maximum absolute atomic E-state index is 14.7. The summed E-state index contributed by atoms with van der Waals surface area (Å²) in [6.45, 7) is 2.16. The quantitative estimate of drug-likeness (QED) is 0.174. The zero-order valence-electron chi connectivity index (χ0n) is 20.3. The number of hydrogen-bond acceptors (Lipinski definition) is 3. The van der Waals surface area contributed by atoms with Crippen molar-refractivity contribution in [3.05, 3.63) is 53.8 Å². The molecule has 0 amide bonds. The SMILES string of the molecule is CCCCCC1CCC(OC(=O)c2ccc(-c3ccc(OC(F)(F)C(F)C(F)(F)F)cc3)c(F)c2)CC1. The largest absolute Gasteiger partial charge is 0.459 e. The molecule has 1 aliphatic carbocycles. The van der Waals surface area contributed by atoms with E-state index in [1.165, 1.54) is 37.8 Å². The summed E-state index contributed by atoms with van der Waals surface area (Å²) in [5.74, 6) is -1.52. The van der Waals surface area contributed by atoms with Crippen molar-refractivity contribution in [3.63, 3.8) is 0 Å². The molecular weight excluding hydrogens is 505 g/mol. The van der Waals surface area contributed by atoms with Crippen molar-refractivity contribution in [2.45, 2.75) is 82.9 Å². The van der Waals surface area contributed by atoms with Crippen LogP contribution in [0.5, 0.6) is 5.75 Å². The number of rotatable bonds is 10. The van der Waals surface area contributed by atoms with Crippen molar-refractivity contribution < 1.29 is 45.0 Å². The van der Waals surface area contributed by atoms with Gasteiger partial charge in [-0.25, -0.2) is 13.6 Å². The van der Waals surface area contributed by atoms with Crippen LogP contribution in [0.3, 0.4) is 0 Å². The lowest BCUT2D eigenvalue weighted by atomic mass is 9.84. The maximum atomic E-state index is 14.7. The number of unbranched alkanes of at least 4 members (excludes halogenated alkanes) is 2. The van der Waals surface area contributed by atoms with Crippen LogP contribution in [-0.2, 0) is 4.74 Å². The standard InChI is InChI=1S/C27H29F7O3/c1-2-3-4-5-17-6-11-20(12-7-17)36-24(35)19-10-15-22(23(28)16-19)18-8-13-21(14-9-18)37-27(33,34)25(29)26(30,31)32/h8-10,13-17,20,25H,2-7,11-12H2,1H3. The molecule has 2 aromatic rings. The Morgan fingerprint density at radius 3 is 2.19 bits per heavy atom. The molecule has 37 heavy (non-hydrogen) atoms. The molecule has 1 fully saturated rings. The summed E-state index contributed by atoms with van der Waals surface area (Å²) in [5.41, 5.74) is 0.218. The van der Waals surface area contributed by atoms with Crippen LogP contribution in [0.4, 0.5) is 30.7 Å². The van der Waals surface area contributed by atoms with Crippen molar-refractivity contribution in [2.24, 2.45) is 5.92 Å². The molecule has 3 nitrogen and oxygen atoms in total. The Hall–Kier alpha value is -2.78. The highest BCUT2D eigenvalue weighted by Gasteiger charge is 2.59. The van der Waals surface area contributed by atoms with Crippen LogP contribution in [0, 0.1) is 11.7 Å². The van der Waals surface area contributed by atoms with Gasteiger partial charge in [0.25, 0.3) is 6.17 Å². The molecule has 0 N–H and O–H groups in total. The highest BCUT2D eigenvalue weighted by Crippen LogP contribution is 2.37. The zero-order valence-corrected chi connectivity index (χ0v) is 20.3. The minimum Gasteiger partial charge on any atom is -0.459 e. The van der Waals surface area contributed by atoms with Gasteiger partial charge < -0.3 is 9.47 Å². The average molecular weight is 535 g/mol. The average Bonchev–Trinajstić information content (AvgIpc) is 2.84. The fourth-order valence-corrected chi connectivity index (χ4v) is 4.42. The summed E-state index contributed by atoms with van der Waals surface area (Å²) >= 11 is 0. The van der Waals surface area contributed by atoms with E-state index in [9.17, 15) is 35.5 Å². The number of benzene rings is 2. The summed E-state index contributed by atoms with van der Waals surface area (Å²) in [6.07, 6.45) is -7.38. The molecule has 1 saturated carbocycles. The Balaban J connectivity index is 1.58. The molecule has 0 radical (unpaired) electrons. The lowest BCUT2D eigenvalue weighted by molar-refractivity contribution is -0.304. The predicted octanol–water partition coefficient (Wildman–Crippen LogP) is 8.66. The first-order chi connectivity index (χ1) is 17.4. The van der Waals surface area contributed by atoms with E-state index in [-0.39, 0.29) is 22.8 Å². The Morgan fingerprint density at radius 2 is 1.62 bits per heavy atom. The van der Waals surface area contributed by atoms with Gasteiger partial charge in [-0.2, -0.15) is 22.0 Å². The minimum absolute atomic E-state index is 0.0149. The predicted molar refractivity (Wildman–Crippen MR) is 124 cm³/mol. The summed E-state index contributed by atoms with van der Waals surface area (Å²) in [5, 5.41) is 0. The van der Waals surface area contributed by atoms with Crippen LogP contribution < -0.4 is 4.74 Å². The first-order valence-electron chi connectivity index (χ1n) is 12.3. The van der Waals surface area contributed by atoms with Crippen molar-refractivity contribution in [1.29, 1.82) is 0 Å². The van der Waals surface area contributed by atoms with Gasteiger partial charge in [-0.3, -0.25) is 0 Å². The van der Waals surface area contributed by atoms with Gasteiger partial charge in [0.05, 0.1) is 5.56 Å². The van der Waals surface area contributed by atoms with Crippen LogP contribution in [0.2, 0.25) is 0 Å². The second-order valence-electron chi connectivity index (χ2n) is 9.33. The monoisotopic (exact) mass is 534 g/mol. The molecule has 0 aliphatic heterocycles. The molecule has 0 bridgehead atoms. The van der Waals surface area contributed by atoms with Crippen LogP contribution in [0.15, 0.2) is 42.5 Å². The van der Waals surface area contributed by atoms with Gasteiger partial charge in [-0.1, -0.05) is 50.8 Å². The van der Waals surface area contributed by atoms with Crippen molar-refractivity contribution in [3.8, 4) is 16.9 Å². The molecule has 1 atom stereocenters. The van der Waals surface area contributed by atoms with Crippen LogP contribution in [0.1, 0.15) is 68.6 Å². The number of halogens is 7. The van der Waals surface area contributed by atoms with Gasteiger partial charge in [-0.05, 0) is 61.4 Å². The van der Waals surface area contributed by atoms with Crippen LogP contribution in [-0.4, -0.2) is 30.5 Å². The summed E-state index contributed by atoms with van der Waals surface area (Å²) in [6, 6.07) is 7.67. The summed E-state index contributed by atoms with van der Waals surface area (Å²) in [4.78, 5) is 12.5. The zero-order chi connectivity index (χ0) is 27.2. The molecule has 10 heteroatoms. The molecule has 0 spiro atoms. The van der Waals surface area contributed by atoms with Crippen molar-refractivity contribution in [1.82, 2.24) is 0 Å². The third-order valence-corrected chi connectivity index (χ3v) is 6.49. The smallest absolute Gasteiger partial charge is 0.439 e. The highest BCUT2D eigenvalue weighted by atomic mass is 19.4. The van der Waals surface area contributed by atoms with Crippen molar-refractivity contribution in [2.75, 3.05) is 0 Å². The molecule has 2 aromatic carbocycles. The van der Waals surface area contributed by atoms with Gasteiger partial charge in [-0.15, -0.1) is 0 Å². The van der Waals surface area contributed by atoms with E-state index in [1.807, 2.05) is 0 Å². The van der Waals surface area contributed by atoms with E-state index >= 15 is 0 Å². The molecule has 1 unspecified atom stereocenters. The van der Waals surface area contributed by atoms with Gasteiger partial charge in [0.2, 0.25) is 0 Å². The molecule has 0 heterocycles. The summed E-state index contributed by atoms with van der Waals surface area (Å²) in [7, 11) is 0. The Labute approximate surface area is 211 Å². The van der Waals surface area contributed by atoms with Crippen molar-refractivity contribution >= 4 is 5.97 Å². The molecule has 0 saturated heterocycles. The first kappa shape index (κ1) is 28.8. The van der Waals surface area contributed by atoms with Crippen LogP contribution >= 0.6 is 0 Å². The molecule has 3 rings (SSSR count). The second kappa shape index (κ2) is 12.2. The molecule has 204 valence electrons. The Bertz CT molecular complexity index is 1030. The second-order valence-corrected chi connectivity index (χ2v) is 9.33. The normalized spacial score (nSPS) is 19.4. The van der Waals surface area contributed by atoms with E-state index in [0.717, 1.165) is 56.0 Å². The summed E-state index contributed by atoms with van der Waals surface area (Å²) < 4.78 is 101. The van der Waals surface area contributed by atoms with Crippen LogP contribution in [0.25, 0.3) is 11.1 Å². The van der Waals surface area contributed by atoms with E-state index in [1.54, 1.807) is 0 Å². The van der Waals surface area contributed by atoms with E-state index in [0.29, 0.717) is 5.92 Å². The number of esters is 1. The molecule has 1 aliphatic rings. The number of carbonyl (C=O) groups excluding carboxylic acids is 1. The first-order valence-corrected chi connectivity index (χ1v) is 12.3. The van der Waals surface area contributed by atoms with Gasteiger partial charge in [0.15, 0.2) is 0 Å². The number of alkyl halides is 6. The topological polar surface area (TPSA) is 35.5 Å². The number of carbonyl (C=O) groups is 1. The van der Waals surface area contributed by atoms with E-state index in [2.05, 4.69) is 11.7 Å². The lowest BCUT2D eigenvalue weighted by Gasteiger charge is -2.28. The number of ether oxygens (including phenoxy) is 2. The van der Waals surface area contributed by atoms with E-state index < -0.39 is 36.0 Å². The number of hydrogen-bond donors (Lipinski definition) is 0. The fourth-order valence-electron chi connectivity index (χ4n) is 4.42. The minimum atomic E-state index is -5.80. The third kappa shape index (κ3) is 7.85. The molecule has 0 aromatic heterocycles. The van der Waals surface area contributed by atoms with Gasteiger partial charge in [0.1, 0.15) is 17.7 Å². The highest BCUT2D eigenvalue weighted by molar-refractivity contribution is 5.90. The molecular formula is C27H29F7O3. The van der Waals surface area contributed by atoms with Gasteiger partial charge >= 0.3 is 18.3 Å². The van der Waals surface area contributed by atoms with E-state index in [4.69, 9.17) is 4.74 Å². The Kier molecular flexibility index (Phi) is 9.47. The Morgan fingerprint density at radius 1 is 0.973 bits per heavy atom. The fraction of sp³-hybridized carbons (Fsp3) is 0.519.